The Labute approximate surface area is 173 Å². The highest BCUT2D eigenvalue weighted by Crippen LogP contribution is 2.66. The van der Waals surface area contributed by atoms with Gasteiger partial charge in [-0.2, -0.15) is 18.9 Å². The van der Waals surface area contributed by atoms with Crippen LogP contribution < -0.4 is 11.4 Å². The average molecular weight is 506 g/mol. The zero-order valence-corrected chi connectivity index (χ0v) is 18.0. The predicted molar refractivity (Wildman–Crippen MR) is 96.4 cm³/mol. The molecule has 17 nitrogen and oxygen atoms in total. The monoisotopic (exact) mass is 506 g/mol. The maximum Gasteiger partial charge on any atom is 0.490 e. The summed E-state index contributed by atoms with van der Waals surface area (Å²) in [7, 11) is -16.8. The molecule has 0 amide bonds. The minimum atomic E-state index is -5.74. The van der Waals surface area contributed by atoms with E-state index in [0.29, 0.717) is 0 Å². The molecule has 0 radical (unpaired) electrons. The molecule has 174 valence electrons. The summed E-state index contributed by atoms with van der Waals surface area (Å²) in [6.07, 6.45) is -3.55. The molecule has 0 bridgehead atoms. The number of aliphatic hydroxyl groups excluding tert-OH is 1. The summed E-state index contributed by atoms with van der Waals surface area (Å²) in [5, 5.41) is 19.9. The molecule has 1 aliphatic rings. The van der Waals surface area contributed by atoms with Gasteiger partial charge in [0.1, 0.15) is 23.4 Å². The number of nitrogen functional groups attached to an aromatic ring is 1. The number of nitrogens with zero attached hydrogens (tertiary/aromatic N) is 3. The first-order valence-electron chi connectivity index (χ1n) is 7.87. The Morgan fingerprint density at radius 3 is 2.42 bits per heavy atom. The number of nitrogens with two attached hydrogens (primary N) is 1. The number of phosphoric acid groups is 3. The van der Waals surface area contributed by atoms with Crippen LogP contribution in [0.5, 0.6) is 0 Å². The third kappa shape index (κ3) is 6.27. The van der Waals surface area contributed by atoms with E-state index < -0.39 is 59.6 Å². The van der Waals surface area contributed by atoms with Crippen LogP contribution in [-0.2, 0) is 31.6 Å². The molecule has 6 atom stereocenters. The summed E-state index contributed by atoms with van der Waals surface area (Å²) < 4.78 is 51.5. The van der Waals surface area contributed by atoms with E-state index in [2.05, 4.69) is 18.1 Å². The number of ether oxygens (including phenoxy) is 1. The quantitative estimate of drug-likeness (QED) is 0.230. The van der Waals surface area contributed by atoms with E-state index >= 15 is 0 Å². The lowest BCUT2D eigenvalue weighted by molar-refractivity contribution is -0.0494. The van der Waals surface area contributed by atoms with Crippen molar-refractivity contribution < 1.29 is 56.3 Å². The van der Waals surface area contributed by atoms with Crippen LogP contribution in [0.3, 0.4) is 0 Å². The maximum absolute atomic E-state index is 12.1. The van der Waals surface area contributed by atoms with E-state index in [0.717, 1.165) is 10.8 Å². The van der Waals surface area contributed by atoms with E-state index in [9.17, 15) is 33.8 Å². The van der Waals surface area contributed by atoms with Gasteiger partial charge in [0, 0.05) is 6.20 Å². The highest BCUT2D eigenvalue weighted by molar-refractivity contribution is 7.66. The van der Waals surface area contributed by atoms with Gasteiger partial charge in [-0.05, 0) is 13.0 Å². The minimum Gasteiger partial charge on any atom is -0.388 e. The molecule has 31 heavy (non-hydrogen) atoms. The zero-order chi connectivity index (χ0) is 23.8. The van der Waals surface area contributed by atoms with Crippen LogP contribution in [0.4, 0.5) is 5.82 Å². The summed E-state index contributed by atoms with van der Waals surface area (Å²) >= 11 is 0. The van der Waals surface area contributed by atoms with Crippen molar-refractivity contribution in [3.63, 3.8) is 0 Å². The summed E-state index contributed by atoms with van der Waals surface area (Å²) in [6, 6.07) is 2.98. The fourth-order valence-corrected chi connectivity index (χ4v) is 5.63. The number of aromatic nitrogens is 2. The zero-order valence-electron chi connectivity index (χ0n) is 15.4. The molecule has 0 aliphatic carbocycles. The predicted octanol–water partition coefficient (Wildman–Crippen LogP) is -1.04. The number of rotatable bonds is 8. The third-order valence-corrected chi connectivity index (χ3v) is 7.75. The molecule has 20 heteroatoms. The maximum atomic E-state index is 12.1. The Balaban J connectivity index is 2.18. The number of nitriles is 1. The SMILES string of the molecule is C[C@@]1(C#N)[C@H](O)[C@@H](COP(=O)(O)OP(=O)(O)OP(=O)(O)O)O[C@H]1n1ccc(N)nc1=O. The summed E-state index contributed by atoms with van der Waals surface area (Å²) in [5.41, 5.74) is 2.68. The lowest BCUT2D eigenvalue weighted by atomic mass is 9.84. The first-order valence-corrected chi connectivity index (χ1v) is 12.4. The van der Waals surface area contributed by atoms with Crippen molar-refractivity contribution in [2.45, 2.75) is 25.4 Å². The van der Waals surface area contributed by atoms with Crippen LogP contribution in [-0.4, -0.2) is 53.0 Å². The van der Waals surface area contributed by atoms with Gasteiger partial charge in [0.2, 0.25) is 0 Å². The highest BCUT2D eigenvalue weighted by Gasteiger charge is 2.55. The summed E-state index contributed by atoms with van der Waals surface area (Å²) in [5.74, 6) is -0.123. The van der Waals surface area contributed by atoms with Crippen LogP contribution in [0.15, 0.2) is 17.1 Å². The van der Waals surface area contributed by atoms with Crippen LogP contribution in [0.2, 0.25) is 0 Å². The van der Waals surface area contributed by atoms with E-state index in [1.807, 2.05) is 0 Å². The Hall–Kier alpha value is -1.50. The number of aliphatic hydroxyl groups is 1. The Morgan fingerprint density at radius 2 is 1.90 bits per heavy atom. The lowest BCUT2D eigenvalue weighted by Crippen LogP contribution is -2.39. The molecule has 1 aromatic rings. The van der Waals surface area contributed by atoms with Gasteiger partial charge >= 0.3 is 29.2 Å². The molecular formula is C11H17N4O13P3. The molecule has 2 unspecified atom stereocenters. The van der Waals surface area contributed by atoms with Crippen LogP contribution in [0, 0.1) is 16.7 Å². The molecule has 1 fully saturated rings. The molecular weight excluding hydrogens is 489 g/mol. The van der Waals surface area contributed by atoms with Crippen molar-refractivity contribution in [2.24, 2.45) is 5.41 Å². The van der Waals surface area contributed by atoms with Crippen molar-refractivity contribution in [1.82, 2.24) is 9.55 Å². The van der Waals surface area contributed by atoms with Gasteiger partial charge in [0.25, 0.3) is 0 Å². The van der Waals surface area contributed by atoms with Gasteiger partial charge in [0.15, 0.2) is 6.23 Å². The first kappa shape index (κ1) is 25.8. The van der Waals surface area contributed by atoms with E-state index in [1.165, 1.54) is 13.0 Å². The molecule has 1 aromatic heterocycles. The second-order valence-electron chi connectivity index (χ2n) is 6.30. The molecule has 0 saturated carbocycles. The van der Waals surface area contributed by atoms with Crippen LogP contribution >= 0.6 is 23.5 Å². The van der Waals surface area contributed by atoms with Gasteiger partial charge in [-0.25, -0.2) is 18.5 Å². The molecule has 1 aliphatic heterocycles. The lowest BCUT2D eigenvalue weighted by Gasteiger charge is -2.25. The van der Waals surface area contributed by atoms with E-state index in [-0.39, 0.29) is 5.82 Å². The molecule has 1 saturated heterocycles. The molecule has 2 heterocycles. The summed E-state index contributed by atoms with van der Waals surface area (Å²) in [4.78, 5) is 51.1. The van der Waals surface area contributed by atoms with Crippen molar-refractivity contribution in [1.29, 1.82) is 5.26 Å². The van der Waals surface area contributed by atoms with Crippen molar-refractivity contribution in [3.8, 4) is 6.07 Å². The van der Waals surface area contributed by atoms with Crippen molar-refractivity contribution in [2.75, 3.05) is 12.3 Å². The standard InChI is InChI=1S/C11H17N4O13P3/c1-11(5-12)8(16)6(26-9(11)15-3-2-7(13)14-10(15)17)4-25-30(21,22)28-31(23,24)27-29(18,19)20/h2-3,6,8-9,16H,4H2,1H3,(H,21,22)(H,23,24)(H2,13,14,17)(H2,18,19,20)/t6-,8-,9-,11-/m1/s1. The molecule has 0 spiro atoms. The second kappa shape index (κ2) is 8.80. The Kier molecular flexibility index (Phi) is 7.31. The molecule has 0 aromatic carbocycles. The minimum absolute atomic E-state index is 0.123. The van der Waals surface area contributed by atoms with Crippen LogP contribution in [0.1, 0.15) is 13.2 Å². The average Bonchev–Trinajstić information content (AvgIpc) is 2.82. The van der Waals surface area contributed by atoms with Gasteiger partial charge in [-0.15, -0.1) is 0 Å². The first-order chi connectivity index (χ1) is 14.0. The molecule has 2 rings (SSSR count). The Bertz CT molecular complexity index is 1080. The summed E-state index contributed by atoms with van der Waals surface area (Å²) in [6.45, 7) is 0.200. The van der Waals surface area contributed by atoms with Crippen molar-refractivity contribution >= 4 is 29.3 Å². The normalized spacial score (nSPS) is 30.3. The van der Waals surface area contributed by atoms with Gasteiger partial charge in [-0.3, -0.25) is 9.09 Å². The Morgan fingerprint density at radius 1 is 1.29 bits per heavy atom. The highest BCUT2D eigenvalue weighted by atomic mass is 31.3. The van der Waals surface area contributed by atoms with Gasteiger partial charge < -0.3 is 35.2 Å². The largest absolute Gasteiger partial charge is 0.490 e. The fourth-order valence-electron chi connectivity index (χ4n) is 2.60. The van der Waals surface area contributed by atoms with E-state index in [4.69, 9.17) is 25.2 Å². The molecule has 7 N–H and O–H groups in total. The third-order valence-electron chi connectivity index (χ3n) is 3.95. The van der Waals surface area contributed by atoms with Gasteiger partial charge in [0.05, 0.1) is 12.7 Å². The number of phosphoric ester groups is 1. The number of hydrogen-bond acceptors (Lipinski definition) is 12. The number of anilines is 1. The van der Waals surface area contributed by atoms with E-state index in [1.54, 1.807) is 6.07 Å². The van der Waals surface area contributed by atoms with Crippen molar-refractivity contribution in [3.05, 3.63) is 22.7 Å². The second-order valence-corrected chi connectivity index (χ2v) is 10.7. The van der Waals surface area contributed by atoms with Crippen LogP contribution in [0.25, 0.3) is 0 Å². The number of hydrogen-bond donors (Lipinski definition) is 6. The fraction of sp³-hybridized carbons (Fsp3) is 0.545. The topological polar surface area (TPSA) is 274 Å². The smallest absolute Gasteiger partial charge is 0.388 e. The van der Waals surface area contributed by atoms with Gasteiger partial charge in [-0.1, -0.05) is 0 Å².